The number of benzene rings is 1. The lowest BCUT2D eigenvalue weighted by molar-refractivity contribution is 0.483. The zero-order valence-corrected chi connectivity index (χ0v) is 12.0. The summed E-state index contributed by atoms with van der Waals surface area (Å²) in [6, 6.07) is 8.36. The second-order valence-corrected chi connectivity index (χ2v) is 6.05. The highest BCUT2D eigenvalue weighted by molar-refractivity contribution is 7.12. The van der Waals surface area contributed by atoms with Crippen molar-refractivity contribution in [2.45, 2.75) is 32.9 Å². The van der Waals surface area contributed by atoms with Gasteiger partial charge in [-0.05, 0) is 50.6 Å². The average molecular weight is 281 g/mol. The van der Waals surface area contributed by atoms with Crippen molar-refractivity contribution in [3.8, 4) is 0 Å². The summed E-state index contributed by atoms with van der Waals surface area (Å²) < 4.78 is 26.1. The number of aryl methyl sites for hydroxylation is 1. The zero-order chi connectivity index (χ0) is 14.0. The quantitative estimate of drug-likeness (QED) is 0.853. The molecule has 19 heavy (non-hydrogen) atoms. The summed E-state index contributed by atoms with van der Waals surface area (Å²) in [5.74, 6) is -1.61. The Bertz CT molecular complexity index is 565. The van der Waals surface area contributed by atoms with Gasteiger partial charge in [-0.1, -0.05) is 6.07 Å². The van der Waals surface area contributed by atoms with Gasteiger partial charge < -0.3 is 5.32 Å². The molecule has 2 aromatic rings. The fourth-order valence-electron chi connectivity index (χ4n) is 2.02. The first-order chi connectivity index (χ1) is 8.97. The molecule has 0 bridgehead atoms. The van der Waals surface area contributed by atoms with Crippen molar-refractivity contribution < 1.29 is 8.78 Å². The third-order valence-electron chi connectivity index (χ3n) is 3.13. The molecular weight excluding hydrogens is 264 g/mol. The lowest BCUT2D eigenvalue weighted by Gasteiger charge is -2.19. The third-order valence-corrected chi connectivity index (χ3v) is 4.31. The topological polar surface area (TPSA) is 12.0 Å². The van der Waals surface area contributed by atoms with Gasteiger partial charge in [0.05, 0.1) is 0 Å². The second kappa shape index (κ2) is 5.80. The van der Waals surface area contributed by atoms with E-state index in [-0.39, 0.29) is 12.1 Å². The van der Waals surface area contributed by atoms with Crippen LogP contribution in [0, 0.1) is 18.6 Å². The molecule has 0 aliphatic rings. The van der Waals surface area contributed by atoms with Crippen LogP contribution in [0.1, 0.15) is 41.2 Å². The standard InChI is InChI=1S/C15H17F2NS/c1-9-4-7-15(19-9)11(3)18-10(2)12-5-6-13(16)14(17)8-12/h4-8,10-11,18H,1-3H3. The summed E-state index contributed by atoms with van der Waals surface area (Å²) in [4.78, 5) is 2.51. The first-order valence-corrected chi connectivity index (χ1v) is 7.06. The van der Waals surface area contributed by atoms with E-state index in [1.54, 1.807) is 17.4 Å². The Hall–Kier alpha value is -1.26. The van der Waals surface area contributed by atoms with Crippen molar-refractivity contribution in [3.05, 3.63) is 57.3 Å². The molecule has 0 saturated carbocycles. The maximum Gasteiger partial charge on any atom is 0.159 e. The van der Waals surface area contributed by atoms with Gasteiger partial charge in [0, 0.05) is 21.8 Å². The number of rotatable bonds is 4. The van der Waals surface area contributed by atoms with Crippen molar-refractivity contribution in [3.63, 3.8) is 0 Å². The fraction of sp³-hybridized carbons (Fsp3) is 0.333. The van der Waals surface area contributed by atoms with Gasteiger partial charge in [-0.25, -0.2) is 8.78 Å². The molecule has 2 unspecified atom stereocenters. The molecule has 1 N–H and O–H groups in total. The number of halogens is 2. The molecule has 0 radical (unpaired) electrons. The smallest absolute Gasteiger partial charge is 0.159 e. The molecule has 2 rings (SSSR count). The number of hydrogen-bond donors (Lipinski definition) is 1. The van der Waals surface area contributed by atoms with Crippen molar-refractivity contribution in [2.24, 2.45) is 0 Å². The van der Waals surface area contributed by atoms with Gasteiger partial charge in [0.25, 0.3) is 0 Å². The molecule has 1 aromatic carbocycles. The van der Waals surface area contributed by atoms with Gasteiger partial charge in [0.2, 0.25) is 0 Å². The Kier molecular flexibility index (Phi) is 4.32. The predicted molar refractivity (Wildman–Crippen MR) is 75.4 cm³/mol. The molecule has 0 fully saturated rings. The molecule has 0 spiro atoms. The lowest BCUT2D eigenvalue weighted by atomic mass is 10.1. The van der Waals surface area contributed by atoms with Crippen molar-refractivity contribution >= 4 is 11.3 Å². The Morgan fingerprint density at radius 1 is 1.00 bits per heavy atom. The summed E-state index contributed by atoms with van der Waals surface area (Å²) in [5.41, 5.74) is 0.749. The minimum absolute atomic E-state index is 0.0347. The average Bonchev–Trinajstić information content (AvgIpc) is 2.79. The van der Waals surface area contributed by atoms with Crippen LogP contribution in [0.25, 0.3) is 0 Å². The highest BCUT2D eigenvalue weighted by atomic mass is 32.1. The van der Waals surface area contributed by atoms with Crippen molar-refractivity contribution in [1.82, 2.24) is 5.32 Å². The van der Waals surface area contributed by atoms with Crippen LogP contribution < -0.4 is 5.32 Å². The van der Waals surface area contributed by atoms with Gasteiger partial charge >= 0.3 is 0 Å². The van der Waals surface area contributed by atoms with Crippen molar-refractivity contribution in [2.75, 3.05) is 0 Å². The molecule has 102 valence electrons. The minimum Gasteiger partial charge on any atom is -0.303 e. The van der Waals surface area contributed by atoms with E-state index >= 15 is 0 Å². The Morgan fingerprint density at radius 2 is 1.74 bits per heavy atom. The maximum atomic E-state index is 13.2. The van der Waals surface area contributed by atoms with Gasteiger partial charge in [-0.15, -0.1) is 11.3 Å². The Morgan fingerprint density at radius 3 is 2.32 bits per heavy atom. The molecule has 0 aliphatic heterocycles. The highest BCUT2D eigenvalue weighted by Crippen LogP contribution is 2.25. The summed E-state index contributed by atoms with van der Waals surface area (Å²) in [6.45, 7) is 6.09. The third kappa shape index (κ3) is 3.39. The summed E-state index contributed by atoms with van der Waals surface area (Å²) in [7, 11) is 0. The molecular formula is C15H17F2NS. The monoisotopic (exact) mass is 281 g/mol. The van der Waals surface area contributed by atoms with E-state index in [4.69, 9.17) is 0 Å². The number of hydrogen-bond acceptors (Lipinski definition) is 2. The first kappa shape index (κ1) is 14.2. The summed E-state index contributed by atoms with van der Waals surface area (Å²) >= 11 is 1.74. The molecule has 0 amide bonds. The van der Waals surface area contributed by atoms with Gasteiger partial charge in [-0.3, -0.25) is 0 Å². The Labute approximate surface area is 116 Å². The Balaban J connectivity index is 2.07. The SMILES string of the molecule is Cc1ccc(C(C)NC(C)c2ccc(F)c(F)c2)s1. The maximum absolute atomic E-state index is 13.2. The molecule has 1 aromatic heterocycles. The van der Waals surface area contributed by atoms with Crippen LogP contribution >= 0.6 is 11.3 Å². The van der Waals surface area contributed by atoms with E-state index in [9.17, 15) is 8.78 Å². The first-order valence-electron chi connectivity index (χ1n) is 6.24. The molecule has 0 saturated heterocycles. The molecule has 2 atom stereocenters. The lowest BCUT2D eigenvalue weighted by Crippen LogP contribution is -2.22. The largest absolute Gasteiger partial charge is 0.303 e. The number of thiophene rings is 1. The normalized spacial score (nSPS) is 14.4. The van der Waals surface area contributed by atoms with Gasteiger partial charge in [-0.2, -0.15) is 0 Å². The van der Waals surface area contributed by atoms with E-state index in [0.29, 0.717) is 0 Å². The van der Waals surface area contributed by atoms with Crippen LogP contribution in [0.2, 0.25) is 0 Å². The molecule has 1 heterocycles. The van der Waals surface area contributed by atoms with Crippen LogP contribution in [0.5, 0.6) is 0 Å². The van der Waals surface area contributed by atoms with Gasteiger partial charge in [0.1, 0.15) is 0 Å². The summed E-state index contributed by atoms with van der Waals surface area (Å²) in [6.07, 6.45) is 0. The van der Waals surface area contributed by atoms with E-state index < -0.39 is 11.6 Å². The minimum atomic E-state index is -0.808. The predicted octanol–water partition coefficient (Wildman–Crippen LogP) is 4.75. The molecule has 0 aliphatic carbocycles. The second-order valence-electron chi connectivity index (χ2n) is 4.73. The molecule has 1 nitrogen and oxygen atoms in total. The van der Waals surface area contributed by atoms with E-state index in [2.05, 4.69) is 31.3 Å². The van der Waals surface area contributed by atoms with Crippen LogP contribution in [-0.2, 0) is 0 Å². The van der Waals surface area contributed by atoms with E-state index in [1.165, 1.54) is 21.9 Å². The fourth-order valence-corrected chi connectivity index (χ4v) is 2.91. The van der Waals surface area contributed by atoms with Crippen molar-refractivity contribution in [1.29, 1.82) is 0 Å². The van der Waals surface area contributed by atoms with Gasteiger partial charge in [0.15, 0.2) is 11.6 Å². The number of nitrogens with one attached hydrogen (secondary N) is 1. The van der Waals surface area contributed by atoms with Crippen LogP contribution in [-0.4, -0.2) is 0 Å². The van der Waals surface area contributed by atoms with Crippen LogP contribution in [0.4, 0.5) is 8.78 Å². The highest BCUT2D eigenvalue weighted by Gasteiger charge is 2.14. The molecule has 4 heteroatoms. The summed E-state index contributed by atoms with van der Waals surface area (Å²) in [5, 5.41) is 3.39. The zero-order valence-electron chi connectivity index (χ0n) is 11.2. The van der Waals surface area contributed by atoms with E-state index in [0.717, 1.165) is 5.56 Å². The van der Waals surface area contributed by atoms with E-state index in [1.807, 2.05) is 6.92 Å². The van der Waals surface area contributed by atoms with Crippen LogP contribution in [0.15, 0.2) is 30.3 Å². The van der Waals surface area contributed by atoms with Crippen LogP contribution in [0.3, 0.4) is 0 Å².